The summed E-state index contributed by atoms with van der Waals surface area (Å²) in [5.74, 6) is 0.819. The Morgan fingerprint density at radius 1 is 1.80 bits per heavy atom. The van der Waals surface area contributed by atoms with Gasteiger partial charge >= 0.3 is 0 Å². The van der Waals surface area contributed by atoms with Gasteiger partial charge in [0.1, 0.15) is 5.76 Å². The van der Waals surface area contributed by atoms with Crippen molar-refractivity contribution >= 4 is 0 Å². The van der Waals surface area contributed by atoms with Crippen molar-refractivity contribution in [1.29, 1.82) is 0 Å². The third kappa shape index (κ3) is 1.48. The quantitative estimate of drug-likeness (QED) is 0.646. The Morgan fingerprint density at radius 2 is 2.60 bits per heavy atom. The highest BCUT2D eigenvalue weighted by Crippen LogP contribution is 2.13. The van der Waals surface area contributed by atoms with E-state index in [1.807, 2.05) is 12.1 Å². The number of hydrogen-bond acceptors (Lipinski definition) is 2. The first-order valence-corrected chi connectivity index (χ1v) is 3.24. The highest BCUT2D eigenvalue weighted by atomic mass is 16.3. The monoisotopic (exact) mass is 137 g/mol. The predicted molar refractivity (Wildman–Crippen MR) is 40.5 cm³/mol. The molecule has 0 amide bonds. The number of rotatable bonds is 3. The molecule has 0 radical (unpaired) electrons. The molecule has 0 bridgehead atoms. The molecule has 0 aliphatic heterocycles. The number of furan rings is 1. The van der Waals surface area contributed by atoms with E-state index in [0.29, 0.717) is 0 Å². The van der Waals surface area contributed by atoms with Crippen LogP contribution in [0.4, 0.5) is 0 Å². The molecule has 0 aromatic carbocycles. The summed E-state index contributed by atoms with van der Waals surface area (Å²) in [5, 5.41) is 0. The Kier molecular flexibility index (Phi) is 2.29. The van der Waals surface area contributed by atoms with E-state index in [9.17, 15) is 0 Å². The fourth-order valence-electron chi connectivity index (χ4n) is 0.798. The lowest BCUT2D eigenvalue weighted by Gasteiger charge is -2.02. The minimum absolute atomic E-state index is 0.0347. The Hall–Kier alpha value is -1.02. The predicted octanol–water partition coefficient (Wildman–Crippen LogP) is 1.86. The Labute approximate surface area is 60.3 Å². The van der Waals surface area contributed by atoms with E-state index in [-0.39, 0.29) is 6.04 Å². The van der Waals surface area contributed by atoms with Gasteiger partial charge in [-0.15, -0.1) is 6.58 Å². The van der Waals surface area contributed by atoms with Gasteiger partial charge in [-0.2, -0.15) is 0 Å². The van der Waals surface area contributed by atoms with Gasteiger partial charge in [0.2, 0.25) is 0 Å². The molecule has 0 saturated carbocycles. The number of nitrogens with two attached hydrogens (primary N) is 1. The van der Waals surface area contributed by atoms with Crippen molar-refractivity contribution in [1.82, 2.24) is 0 Å². The molecule has 1 atom stereocenters. The van der Waals surface area contributed by atoms with Crippen LogP contribution in [0.3, 0.4) is 0 Å². The fraction of sp³-hybridized carbons (Fsp3) is 0.250. The van der Waals surface area contributed by atoms with E-state index in [1.165, 1.54) is 0 Å². The van der Waals surface area contributed by atoms with E-state index < -0.39 is 0 Å². The zero-order valence-electron chi connectivity index (χ0n) is 5.79. The van der Waals surface area contributed by atoms with E-state index in [4.69, 9.17) is 10.2 Å². The first kappa shape index (κ1) is 7.09. The zero-order valence-corrected chi connectivity index (χ0v) is 5.79. The molecule has 10 heavy (non-hydrogen) atoms. The molecule has 0 spiro atoms. The Bertz CT molecular complexity index is 191. The van der Waals surface area contributed by atoms with Crippen molar-refractivity contribution in [2.75, 3.05) is 0 Å². The van der Waals surface area contributed by atoms with Crippen molar-refractivity contribution in [3.8, 4) is 0 Å². The molecule has 0 saturated heterocycles. The molecule has 0 aliphatic rings. The van der Waals surface area contributed by atoms with Crippen LogP contribution in [-0.2, 0) is 0 Å². The van der Waals surface area contributed by atoms with Crippen molar-refractivity contribution < 1.29 is 4.42 Å². The second kappa shape index (κ2) is 3.22. The van der Waals surface area contributed by atoms with Gasteiger partial charge in [-0.1, -0.05) is 6.08 Å². The van der Waals surface area contributed by atoms with Crippen LogP contribution in [0.15, 0.2) is 35.5 Å². The average Bonchev–Trinajstić information content (AvgIpc) is 2.38. The molecule has 2 heteroatoms. The van der Waals surface area contributed by atoms with Crippen LogP contribution in [0.1, 0.15) is 18.2 Å². The summed E-state index contributed by atoms with van der Waals surface area (Å²) in [4.78, 5) is 0. The van der Waals surface area contributed by atoms with Gasteiger partial charge in [0, 0.05) is 0 Å². The van der Waals surface area contributed by atoms with Gasteiger partial charge in [0.25, 0.3) is 0 Å². The molecule has 1 rings (SSSR count). The van der Waals surface area contributed by atoms with Crippen LogP contribution >= 0.6 is 0 Å². The van der Waals surface area contributed by atoms with Crippen molar-refractivity contribution in [2.24, 2.45) is 5.73 Å². The minimum Gasteiger partial charge on any atom is -0.468 e. The van der Waals surface area contributed by atoms with Crippen LogP contribution in [0.2, 0.25) is 0 Å². The van der Waals surface area contributed by atoms with Crippen molar-refractivity contribution in [3.05, 3.63) is 36.8 Å². The summed E-state index contributed by atoms with van der Waals surface area (Å²) >= 11 is 0. The minimum atomic E-state index is -0.0347. The van der Waals surface area contributed by atoms with Gasteiger partial charge in [-0.3, -0.25) is 0 Å². The first-order valence-electron chi connectivity index (χ1n) is 3.24. The van der Waals surface area contributed by atoms with E-state index >= 15 is 0 Å². The van der Waals surface area contributed by atoms with Gasteiger partial charge < -0.3 is 10.2 Å². The highest BCUT2D eigenvalue weighted by molar-refractivity contribution is 5.04. The molecule has 0 fully saturated rings. The molecule has 54 valence electrons. The molecule has 2 N–H and O–H groups in total. The molecule has 2 nitrogen and oxygen atoms in total. The second-order valence-electron chi connectivity index (χ2n) is 2.15. The smallest absolute Gasteiger partial charge is 0.120 e. The van der Waals surface area contributed by atoms with Crippen molar-refractivity contribution in [3.63, 3.8) is 0 Å². The van der Waals surface area contributed by atoms with Crippen LogP contribution in [0.25, 0.3) is 0 Å². The fourth-order valence-corrected chi connectivity index (χ4v) is 0.798. The normalized spacial score (nSPS) is 12.9. The average molecular weight is 137 g/mol. The van der Waals surface area contributed by atoms with E-state index in [2.05, 4.69) is 6.58 Å². The van der Waals surface area contributed by atoms with Gasteiger partial charge in [-0.25, -0.2) is 0 Å². The lowest BCUT2D eigenvalue weighted by molar-refractivity contribution is 0.467. The number of hydrogen-bond donors (Lipinski definition) is 1. The van der Waals surface area contributed by atoms with Gasteiger partial charge in [-0.05, 0) is 18.6 Å². The summed E-state index contributed by atoms with van der Waals surface area (Å²) in [6.07, 6.45) is 4.17. The first-order chi connectivity index (χ1) is 4.84. The largest absolute Gasteiger partial charge is 0.468 e. The highest BCUT2D eigenvalue weighted by Gasteiger charge is 2.04. The summed E-state index contributed by atoms with van der Waals surface area (Å²) in [7, 11) is 0. The van der Waals surface area contributed by atoms with Crippen LogP contribution in [-0.4, -0.2) is 0 Å². The Morgan fingerprint density at radius 3 is 3.10 bits per heavy atom. The maximum atomic E-state index is 5.68. The molecule has 1 unspecified atom stereocenters. The van der Waals surface area contributed by atoms with E-state index in [0.717, 1.165) is 12.2 Å². The summed E-state index contributed by atoms with van der Waals surface area (Å²) < 4.78 is 5.08. The summed E-state index contributed by atoms with van der Waals surface area (Å²) in [6.45, 7) is 3.59. The topological polar surface area (TPSA) is 39.2 Å². The SMILES string of the molecule is C=CCC(N)c1ccco1. The third-order valence-corrected chi connectivity index (χ3v) is 1.33. The molecule has 0 aliphatic carbocycles. The van der Waals surface area contributed by atoms with Gasteiger partial charge in [0.05, 0.1) is 12.3 Å². The van der Waals surface area contributed by atoms with Crippen LogP contribution in [0, 0.1) is 0 Å². The summed E-state index contributed by atoms with van der Waals surface area (Å²) in [5.41, 5.74) is 5.68. The maximum absolute atomic E-state index is 5.68. The maximum Gasteiger partial charge on any atom is 0.120 e. The molecule has 1 heterocycles. The molecule has 1 aromatic heterocycles. The molecule has 1 aromatic rings. The van der Waals surface area contributed by atoms with Crippen molar-refractivity contribution in [2.45, 2.75) is 12.5 Å². The van der Waals surface area contributed by atoms with Crippen LogP contribution < -0.4 is 5.73 Å². The second-order valence-corrected chi connectivity index (χ2v) is 2.15. The lowest BCUT2D eigenvalue weighted by Crippen LogP contribution is -2.07. The Balaban J connectivity index is 2.58. The van der Waals surface area contributed by atoms with Crippen LogP contribution in [0.5, 0.6) is 0 Å². The molecular weight excluding hydrogens is 126 g/mol. The summed E-state index contributed by atoms with van der Waals surface area (Å²) in [6, 6.07) is 3.67. The molecular formula is C8H11NO. The lowest BCUT2D eigenvalue weighted by atomic mass is 10.2. The standard InChI is InChI=1S/C8H11NO/c1-2-4-7(9)8-5-3-6-10-8/h2-3,5-7H,1,4,9H2. The third-order valence-electron chi connectivity index (χ3n) is 1.33. The van der Waals surface area contributed by atoms with E-state index in [1.54, 1.807) is 12.3 Å². The van der Waals surface area contributed by atoms with Gasteiger partial charge in [0.15, 0.2) is 0 Å². The zero-order chi connectivity index (χ0) is 7.40.